The lowest BCUT2D eigenvalue weighted by Crippen LogP contribution is -2.31. The van der Waals surface area contributed by atoms with Crippen LogP contribution in [0.5, 0.6) is 0 Å². The summed E-state index contributed by atoms with van der Waals surface area (Å²) in [6.07, 6.45) is 14.4. The van der Waals surface area contributed by atoms with Gasteiger partial charge in [0.1, 0.15) is 12.2 Å². The van der Waals surface area contributed by atoms with Gasteiger partial charge >= 0.3 is 8.25 Å². The van der Waals surface area contributed by atoms with Crippen LogP contribution in [0.25, 0.3) is 0 Å². The van der Waals surface area contributed by atoms with E-state index in [1.165, 1.54) is 0 Å². The van der Waals surface area contributed by atoms with Gasteiger partial charge in [0.2, 0.25) is 0 Å². The highest BCUT2D eigenvalue weighted by Crippen LogP contribution is 2.40. The highest BCUT2D eigenvalue weighted by Gasteiger charge is 2.41. The zero-order chi connectivity index (χ0) is 17.4. The van der Waals surface area contributed by atoms with Crippen molar-refractivity contribution in [3.63, 3.8) is 0 Å². The van der Waals surface area contributed by atoms with Crippen LogP contribution in [-0.2, 0) is 13.6 Å². The van der Waals surface area contributed by atoms with Gasteiger partial charge in [-0.05, 0) is 40.5 Å². The van der Waals surface area contributed by atoms with E-state index in [9.17, 15) is 4.57 Å². The number of rotatable bonds is 10. The van der Waals surface area contributed by atoms with Crippen LogP contribution < -0.4 is 0 Å². The summed E-state index contributed by atoms with van der Waals surface area (Å²) >= 11 is 0. The highest BCUT2D eigenvalue weighted by atomic mass is 31.1. The van der Waals surface area contributed by atoms with Crippen LogP contribution in [0.3, 0.4) is 0 Å². The second-order valence-electron chi connectivity index (χ2n) is 6.19. The van der Waals surface area contributed by atoms with Crippen molar-refractivity contribution in [3.8, 4) is 24.7 Å². The maximum atomic E-state index is 12.2. The van der Waals surface area contributed by atoms with Crippen molar-refractivity contribution in [2.24, 2.45) is 10.8 Å². The minimum Gasteiger partial charge on any atom is -0.119 e. The highest BCUT2D eigenvalue weighted by molar-refractivity contribution is 7.33. The molecule has 0 bridgehead atoms. The normalized spacial score (nSPS) is 15.1. The number of hydrogen-bond donors (Lipinski definition) is 0. The van der Waals surface area contributed by atoms with E-state index in [-0.39, 0.29) is 0 Å². The predicted octanol–water partition coefficient (Wildman–Crippen LogP) is 4.89. The summed E-state index contributed by atoms with van der Waals surface area (Å²) in [6, 6.07) is 0. The standard InChI is InChI=1S/C18H26O3P/c1-9-13-15(17(5,6)11-3)20-22(19)21-16(14-10-2)18(7,8)12-4/h3-4,9-10,15-16H,1-2,13-14H2,5-8H3/q+1. The van der Waals surface area contributed by atoms with Crippen molar-refractivity contribution in [1.29, 1.82) is 0 Å². The smallest absolute Gasteiger partial charge is 0.119 e. The Morgan fingerprint density at radius 1 is 1.00 bits per heavy atom. The summed E-state index contributed by atoms with van der Waals surface area (Å²) in [5, 5.41) is 0. The molecule has 0 amide bonds. The summed E-state index contributed by atoms with van der Waals surface area (Å²) in [6.45, 7) is 14.7. The molecule has 22 heavy (non-hydrogen) atoms. The fourth-order valence-corrected chi connectivity index (χ4v) is 2.82. The maximum absolute atomic E-state index is 12.2. The fraction of sp³-hybridized carbons (Fsp3) is 0.556. The van der Waals surface area contributed by atoms with E-state index in [1.807, 2.05) is 27.7 Å². The number of terminal acetylenes is 2. The molecule has 0 N–H and O–H groups in total. The second-order valence-corrected chi connectivity index (χ2v) is 7.06. The molecule has 3 nitrogen and oxygen atoms in total. The van der Waals surface area contributed by atoms with Crippen LogP contribution in [-0.4, -0.2) is 12.2 Å². The van der Waals surface area contributed by atoms with Gasteiger partial charge in [0.15, 0.2) is 0 Å². The predicted molar refractivity (Wildman–Crippen MR) is 92.2 cm³/mol. The Bertz CT molecular complexity index is 447. The van der Waals surface area contributed by atoms with Gasteiger partial charge in [-0.25, -0.2) is 0 Å². The summed E-state index contributed by atoms with van der Waals surface area (Å²) in [7, 11) is -2.36. The first-order valence-electron chi connectivity index (χ1n) is 7.12. The molecule has 0 heterocycles. The topological polar surface area (TPSA) is 35.5 Å². The van der Waals surface area contributed by atoms with E-state index in [0.717, 1.165) is 0 Å². The molecule has 4 heteroatoms. The van der Waals surface area contributed by atoms with Gasteiger partial charge in [-0.1, -0.05) is 24.0 Å². The largest absolute Gasteiger partial charge is 0.698 e. The quantitative estimate of drug-likeness (QED) is 0.327. The van der Waals surface area contributed by atoms with E-state index in [0.29, 0.717) is 12.8 Å². The maximum Gasteiger partial charge on any atom is 0.698 e. The molecular weight excluding hydrogens is 295 g/mol. The van der Waals surface area contributed by atoms with Crippen LogP contribution >= 0.6 is 8.25 Å². The Balaban J connectivity index is 5.03. The Hall–Kier alpha value is -1.38. The minimum atomic E-state index is -2.36. The lowest BCUT2D eigenvalue weighted by molar-refractivity contribution is 0.0585. The molecule has 0 saturated carbocycles. The van der Waals surface area contributed by atoms with Gasteiger partial charge in [0.25, 0.3) is 0 Å². The molecule has 120 valence electrons. The summed E-state index contributed by atoms with van der Waals surface area (Å²) in [5.41, 5.74) is -1.17. The Kier molecular flexibility index (Phi) is 8.36. The van der Waals surface area contributed by atoms with Crippen LogP contribution in [0, 0.1) is 35.5 Å². The molecule has 0 aromatic heterocycles. The average molecular weight is 321 g/mol. The zero-order valence-electron chi connectivity index (χ0n) is 14.0. The first-order chi connectivity index (χ1) is 10.1. The number of hydrogen-bond acceptors (Lipinski definition) is 3. The molecule has 0 aliphatic rings. The molecule has 0 saturated heterocycles. The van der Waals surface area contributed by atoms with Gasteiger partial charge in [-0.2, -0.15) is 0 Å². The van der Waals surface area contributed by atoms with E-state index in [4.69, 9.17) is 21.9 Å². The van der Waals surface area contributed by atoms with Gasteiger partial charge in [0, 0.05) is 4.57 Å². The van der Waals surface area contributed by atoms with E-state index < -0.39 is 31.3 Å². The Morgan fingerprint density at radius 2 is 1.32 bits per heavy atom. The molecule has 0 aliphatic heterocycles. The van der Waals surface area contributed by atoms with Gasteiger partial charge in [-0.15, -0.1) is 35.1 Å². The van der Waals surface area contributed by atoms with Crippen LogP contribution in [0.15, 0.2) is 25.3 Å². The van der Waals surface area contributed by atoms with Crippen molar-refractivity contribution in [3.05, 3.63) is 25.3 Å². The van der Waals surface area contributed by atoms with Crippen molar-refractivity contribution in [2.45, 2.75) is 52.7 Å². The third kappa shape index (κ3) is 6.17. The molecular formula is C18H26O3P+. The first-order valence-corrected chi connectivity index (χ1v) is 8.22. The molecule has 0 aromatic carbocycles. The van der Waals surface area contributed by atoms with Crippen molar-refractivity contribution >= 4 is 8.25 Å². The molecule has 0 aliphatic carbocycles. The molecule has 0 rings (SSSR count). The van der Waals surface area contributed by atoms with Gasteiger partial charge in [-0.3, -0.25) is 0 Å². The average Bonchev–Trinajstić information content (AvgIpc) is 2.46. The summed E-state index contributed by atoms with van der Waals surface area (Å²) in [5.74, 6) is 5.29. The SMILES string of the molecule is C#CC(C)(C)C(CC=C)O[P+](=O)OC(CC=C)C(C)(C)C#C. The second kappa shape index (κ2) is 8.92. The third-order valence-electron chi connectivity index (χ3n) is 3.54. The summed E-state index contributed by atoms with van der Waals surface area (Å²) < 4.78 is 23.3. The molecule has 2 unspecified atom stereocenters. The van der Waals surface area contributed by atoms with Crippen molar-refractivity contribution in [1.82, 2.24) is 0 Å². The zero-order valence-corrected chi connectivity index (χ0v) is 14.9. The monoisotopic (exact) mass is 321 g/mol. The summed E-state index contributed by atoms with van der Waals surface area (Å²) in [4.78, 5) is 0. The molecule has 0 radical (unpaired) electrons. The van der Waals surface area contributed by atoms with Crippen LogP contribution in [0.1, 0.15) is 40.5 Å². The van der Waals surface area contributed by atoms with E-state index >= 15 is 0 Å². The molecule has 0 spiro atoms. The van der Waals surface area contributed by atoms with Crippen LogP contribution in [0.4, 0.5) is 0 Å². The van der Waals surface area contributed by atoms with E-state index in [2.05, 4.69) is 25.0 Å². The first kappa shape index (κ1) is 20.6. The Morgan fingerprint density at radius 3 is 1.55 bits per heavy atom. The lowest BCUT2D eigenvalue weighted by Gasteiger charge is -2.25. The minimum absolute atomic E-state index is 0.447. The molecule has 2 atom stereocenters. The third-order valence-corrected chi connectivity index (χ3v) is 4.40. The molecule has 0 aromatic rings. The molecule has 0 fully saturated rings. The van der Waals surface area contributed by atoms with Crippen molar-refractivity contribution < 1.29 is 13.6 Å². The Labute approximate surface area is 136 Å². The van der Waals surface area contributed by atoms with Gasteiger partial charge < -0.3 is 0 Å². The van der Waals surface area contributed by atoms with Crippen molar-refractivity contribution in [2.75, 3.05) is 0 Å². The van der Waals surface area contributed by atoms with E-state index in [1.54, 1.807) is 12.2 Å². The fourth-order valence-electron chi connectivity index (χ4n) is 1.66. The lowest BCUT2D eigenvalue weighted by atomic mass is 9.86. The van der Waals surface area contributed by atoms with Crippen LogP contribution in [0.2, 0.25) is 0 Å². The van der Waals surface area contributed by atoms with Gasteiger partial charge in [0.05, 0.1) is 10.8 Å².